The highest BCUT2D eigenvalue weighted by atomic mass is 16.7. The average molecular weight is 319 g/mol. The maximum absolute atomic E-state index is 5.52. The number of hydrogen-bond acceptors (Lipinski definition) is 3. The van der Waals surface area contributed by atoms with Gasteiger partial charge in [-0.3, -0.25) is 0 Å². The van der Waals surface area contributed by atoms with Gasteiger partial charge in [0.2, 0.25) is 0 Å². The third-order valence-electron chi connectivity index (χ3n) is 4.48. The third kappa shape index (κ3) is 3.01. The van der Waals surface area contributed by atoms with Gasteiger partial charge >= 0.3 is 0 Å². The Bertz CT molecular complexity index is 808. The van der Waals surface area contributed by atoms with Crippen LogP contribution in [0.25, 0.3) is 21.9 Å². The Labute approximate surface area is 142 Å². The zero-order valence-corrected chi connectivity index (χ0v) is 13.7. The predicted molar refractivity (Wildman–Crippen MR) is 98.4 cm³/mol. The number of nitrogens with zero attached hydrogens (tertiary/aromatic N) is 1. The van der Waals surface area contributed by atoms with Crippen LogP contribution in [0.15, 0.2) is 66.7 Å². The van der Waals surface area contributed by atoms with Crippen LogP contribution in [0.5, 0.6) is 0 Å². The third-order valence-corrected chi connectivity index (χ3v) is 4.48. The van der Waals surface area contributed by atoms with E-state index in [9.17, 15) is 0 Å². The summed E-state index contributed by atoms with van der Waals surface area (Å²) in [6, 6.07) is 23.6. The highest BCUT2D eigenvalue weighted by molar-refractivity contribution is 6.02. The molecular weight excluding hydrogens is 298 g/mol. The van der Waals surface area contributed by atoms with Crippen molar-refractivity contribution in [3.8, 4) is 11.1 Å². The summed E-state index contributed by atoms with van der Waals surface area (Å²) in [4.78, 5) is 2.39. The molecule has 0 radical (unpaired) electrons. The number of anilines is 1. The molecule has 0 spiro atoms. The van der Waals surface area contributed by atoms with Crippen molar-refractivity contribution >= 4 is 16.5 Å². The van der Waals surface area contributed by atoms with Crippen molar-refractivity contribution in [2.75, 3.05) is 38.0 Å². The predicted octanol–water partition coefficient (Wildman–Crippen LogP) is 4.32. The summed E-state index contributed by atoms with van der Waals surface area (Å²) in [5.41, 5.74) is 3.77. The van der Waals surface area contributed by atoms with Gasteiger partial charge in [-0.25, -0.2) is 0 Å². The van der Waals surface area contributed by atoms with Gasteiger partial charge in [0.25, 0.3) is 0 Å². The smallest absolute Gasteiger partial charge is 0.146 e. The number of rotatable bonds is 2. The van der Waals surface area contributed by atoms with Gasteiger partial charge in [0.1, 0.15) is 6.79 Å². The van der Waals surface area contributed by atoms with Crippen molar-refractivity contribution in [1.29, 1.82) is 0 Å². The first-order chi connectivity index (χ1) is 11.9. The van der Waals surface area contributed by atoms with E-state index in [2.05, 4.69) is 71.6 Å². The number of ether oxygens (including phenoxy) is 2. The molecule has 3 aromatic rings. The fourth-order valence-electron chi connectivity index (χ4n) is 3.31. The number of benzene rings is 3. The average Bonchev–Trinajstić information content (AvgIpc) is 2.62. The Morgan fingerprint density at radius 2 is 1.42 bits per heavy atom. The molecule has 1 aliphatic rings. The van der Waals surface area contributed by atoms with E-state index in [1.165, 1.54) is 27.6 Å². The molecule has 0 N–H and O–H groups in total. The van der Waals surface area contributed by atoms with Gasteiger partial charge in [-0.15, -0.1) is 0 Å². The number of fused-ring (bicyclic) bond motifs is 1. The van der Waals surface area contributed by atoms with Crippen LogP contribution in [0, 0.1) is 0 Å². The fraction of sp³-hybridized carbons (Fsp3) is 0.238. The molecule has 0 aliphatic carbocycles. The van der Waals surface area contributed by atoms with Crippen molar-refractivity contribution in [3.63, 3.8) is 0 Å². The van der Waals surface area contributed by atoms with E-state index < -0.39 is 0 Å². The van der Waals surface area contributed by atoms with Crippen molar-refractivity contribution in [2.45, 2.75) is 0 Å². The van der Waals surface area contributed by atoms with Crippen LogP contribution < -0.4 is 4.90 Å². The van der Waals surface area contributed by atoms with E-state index in [0.29, 0.717) is 20.0 Å². The van der Waals surface area contributed by atoms with E-state index in [1.807, 2.05) is 0 Å². The van der Waals surface area contributed by atoms with Crippen LogP contribution in [0.4, 0.5) is 5.69 Å². The van der Waals surface area contributed by atoms with Crippen LogP contribution in [-0.2, 0) is 9.47 Å². The number of hydrogen-bond donors (Lipinski definition) is 0. The summed E-state index contributed by atoms with van der Waals surface area (Å²) in [7, 11) is 0. The van der Waals surface area contributed by atoms with E-state index in [4.69, 9.17) is 9.47 Å². The second-order valence-corrected chi connectivity index (χ2v) is 5.97. The Morgan fingerprint density at radius 1 is 0.708 bits per heavy atom. The van der Waals surface area contributed by atoms with Crippen molar-refractivity contribution < 1.29 is 9.47 Å². The fourth-order valence-corrected chi connectivity index (χ4v) is 3.31. The second kappa shape index (κ2) is 7.04. The Balaban J connectivity index is 1.89. The first kappa shape index (κ1) is 15.2. The van der Waals surface area contributed by atoms with E-state index in [0.717, 1.165) is 13.1 Å². The summed E-state index contributed by atoms with van der Waals surface area (Å²) in [6.07, 6.45) is 0. The van der Waals surface area contributed by atoms with Gasteiger partial charge in [0.15, 0.2) is 0 Å². The Hall–Kier alpha value is -2.36. The lowest BCUT2D eigenvalue weighted by molar-refractivity contribution is -0.0566. The zero-order chi connectivity index (χ0) is 16.2. The zero-order valence-electron chi connectivity index (χ0n) is 13.7. The quantitative estimate of drug-likeness (QED) is 0.702. The minimum Gasteiger partial charge on any atom is -0.366 e. The molecule has 1 aliphatic heterocycles. The van der Waals surface area contributed by atoms with Crippen molar-refractivity contribution in [1.82, 2.24) is 0 Å². The largest absolute Gasteiger partial charge is 0.366 e. The molecule has 0 aromatic heterocycles. The van der Waals surface area contributed by atoms with Gasteiger partial charge in [-0.05, 0) is 10.9 Å². The van der Waals surface area contributed by atoms with Gasteiger partial charge < -0.3 is 14.4 Å². The maximum atomic E-state index is 5.52. The SMILES string of the molecule is c1ccc(-c2ccc3ccccc3c2N2CCOCOCC2)cc1. The van der Waals surface area contributed by atoms with Crippen LogP contribution in [-0.4, -0.2) is 33.1 Å². The van der Waals surface area contributed by atoms with Crippen LogP contribution in [0.1, 0.15) is 0 Å². The molecule has 3 nitrogen and oxygen atoms in total. The molecule has 0 atom stereocenters. The van der Waals surface area contributed by atoms with Crippen LogP contribution in [0.2, 0.25) is 0 Å². The lowest BCUT2D eigenvalue weighted by atomic mass is 9.97. The first-order valence-electron chi connectivity index (χ1n) is 8.41. The molecule has 0 saturated carbocycles. The molecule has 24 heavy (non-hydrogen) atoms. The highest BCUT2D eigenvalue weighted by Crippen LogP contribution is 2.37. The monoisotopic (exact) mass is 319 g/mol. The highest BCUT2D eigenvalue weighted by Gasteiger charge is 2.17. The van der Waals surface area contributed by atoms with Crippen molar-refractivity contribution in [2.24, 2.45) is 0 Å². The lowest BCUT2D eigenvalue weighted by Crippen LogP contribution is -2.34. The van der Waals surface area contributed by atoms with Crippen LogP contribution in [0.3, 0.4) is 0 Å². The Kier molecular flexibility index (Phi) is 4.45. The molecule has 0 unspecified atom stereocenters. The molecule has 4 rings (SSSR count). The Morgan fingerprint density at radius 3 is 2.21 bits per heavy atom. The molecule has 3 aromatic carbocycles. The summed E-state index contributed by atoms with van der Waals surface area (Å²) < 4.78 is 11.0. The summed E-state index contributed by atoms with van der Waals surface area (Å²) in [5, 5.41) is 2.54. The molecule has 122 valence electrons. The summed E-state index contributed by atoms with van der Waals surface area (Å²) in [6.45, 7) is 3.50. The van der Waals surface area contributed by atoms with Gasteiger partial charge in [-0.2, -0.15) is 0 Å². The second-order valence-electron chi connectivity index (χ2n) is 5.97. The topological polar surface area (TPSA) is 21.7 Å². The molecular formula is C21H21NO2. The van der Waals surface area contributed by atoms with E-state index in [-0.39, 0.29) is 0 Å². The molecule has 0 bridgehead atoms. The van der Waals surface area contributed by atoms with Gasteiger partial charge in [-0.1, -0.05) is 66.7 Å². The molecule has 3 heteroatoms. The minimum absolute atomic E-state index is 0.398. The minimum atomic E-state index is 0.398. The lowest BCUT2D eigenvalue weighted by Gasteiger charge is -2.30. The standard InChI is InChI=1S/C21H21NO2/c1-2-6-17(7-3-1)20-11-10-18-8-4-5-9-19(18)21(20)22-12-14-23-16-24-15-13-22/h1-11H,12-16H2. The maximum Gasteiger partial charge on any atom is 0.146 e. The first-order valence-corrected chi connectivity index (χ1v) is 8.41. The molecule has 1 saturated heterocycles. The molecule has 1 fully saturated rings. The molecule has 0 amide bonds. The normalized spacial score (nSPS) is 15.9. The van der Waals surface area contributed by atoms with Gasteiger partial charge in [0, 0.05) is 24.0 Å². The van der Waals surface area contributed by atoms with Gasteiger partial charge in [0.05, 0.1) is 18.9 Å². The van der Waals surface area contributed by atoms with E-state index in [1.54, 1.807) is 0 Å². The van der Waals surface area contributed by atoms with Crippen molar-refractivity contribution in [3.05, 3.63) is 66.7 Å². The summed E-state index contributed by atoms with van der Waals surface area (Å²) >= 11 is 0. The van der Waals surface area contributed by atoms with E-state index >= 15 is 0 Å². The summed E-state index contributed by atoms with van der Waals surface area (Å²) in [5.74, 6) is 0. The molecule has 1 heterocycles. The van der Waals surface area contributed by atoms with Crippen LogP contribution >= 0.6 is 0 Å².